The van der Waals surface area contributed by atoms with Gasteiger partial charge in [0.25, 0.3) is 0 Å². The van der Waals surface area contributed by atoms with Gasteiger partial charge in [0, 0.05) is 12.6 Å². The molecule has 0 aliphatic heterocycles. The third-order valence-corrected chi connectivity index (χ3v) is 2.91. The van der Waals surface area contributed by atoms with E-state index in [0.717, 1.165) is 25.4 Å². The van der Waals surface area contributed by atoms with E-state index in [1.54, 1.807) is 0 Å². The maximum absolute atomic E-state index is 9.96. The van der Waals surface area contributed by atoms with Crippen LogP contribution in [0.2, 0.25) is 0 Å². The molecule has 2 rings (SSSR count). The van der Waals surface area contributed by atoms with Crippen LogP contribution < -0.4 is 5.32 Å². The van der Waals surface area contributed by atoms with Crippen molar-refractivity contribution in [2.75, 3.05) is 6.54 Å². The van der Waals surface area contributed by atoms with E-state index in [-0.39, 0.29) is 5.60 Å². The second kappa shape index (κ2) is 2.46. The zero-order valence-corrected chi connectivity index (χ0v) is 8.06. The number of aliphatic hydroxyl groups is 1. The summed E-state index contributed by atoms with van der Waals surface area (Å²) in [5, 5.41) is 13.3. The van der Waals surface area contributed by atoms with Crippen LogP contribution in [0.4, 0.5) is 0 Å². The van der Waals surface area contributed by atoms with Gasteiger partial charge in [-0.05, 0) is 31.1 Å². The Hall–Kier alpha value is -0.0800. The quantitative estimate of drug-likeness (QED) is 0.667. The van der Waals surface area contributed by atoms with Gasteiger partial charge in [0.05, 0.1) is 5.60 Å². The monoisotopic (exact) mass is 169 g/mol. The first-order valence-electron chi connectivity index (χ1n) is 4.95. The highest BCUT2D eigenvalue weighted by Gasteiger charge is 2.47. The van der Waals surface area contributed by atoms with Crippen LogP contribution in [0.5, 0.6) is 0 Å². The molecular weight excluding hydrogens is 150 g/mol. The van der Waals surface area contributed by atoms with E-state index >= 15 is 0 Å². The van der Waals surface area contributed by atoms with Crippen LogP contribution in [0.15, 0.2) is 0 Å². The molecule has 0 radical (unpaired) electrons. The molecule has 0 unspecified atom stereocenters. The van der Waals surface area contributed by atoms with Gasteiger partial charge >= 0.3 is 0 Å². The number of hydrogen-bond donors (Lipinski definition) is 2. The molecule has 2 nitrogen and oxygen atoms in total. The third kappa shape index (κ3) is 1.80. The highest BCUT2D eigenvalue weighted by Crippen LogP contribution is 2.47. The lowest BCUT2D eigenvalue weighted by Crippen LogP contribution is -2.55. The van der Waals surface area contributed by atoms with Gasteiger partial charge in [-0.25, -0.2) is 0 Å². The fraction of sp³-hybridized carbons (Fsp3) is 1.00. The highest BCUT2D eigenvalue weighted by atomic mass is 16.3. The molecule has 2 aliphatic carbocycles. The lowest BCUT2D eigenvalue weighted by atomic mass is 9.61. The zero-order chi connectivity index (χ0) is 8.82. The Morgan fingerprint density at radius 3 is 2.33 bits per heavy atom. The predicted molar refractivity (Wildman–Crippen MR) is 49.0 cm³/mol. The Kier molecular flexibility index (Phi) is 1.74. The lowest BCUT2D eigenvalue weighted by Gasteiger charge is -2.50. The van der Waals surface area contributed by atoms with Crippen molar-refractivity contribution >= 4 is 0 Å². The second-order valence-corrected chi connectivity index (χ2v) is 5.40. The number of rotatable bonds is 3. The molecule has 2 saturated carbocycles. The minimum absolute atomic E-state index is 0.375. The Morgan fingerprint density at radius 1 is 1.33 bits per heavy atom. The Labute approximate surface area is 74.4 Å². The van der Waals surface area contributed by atoms with Crippen molar-refractivity contribution in [3.05, 3.63) is 0 Å². The summed E-state index contributed by atoms with van der Waals surface area (Å²) >= 11 is 0. The van der Waals surface area contributed by atoms with Crippen molar-refractivity contribution in [3.8, 4) is 0 Å². The normalized spacial score (nSPS) is 31.2. The van der Waals surface area contributed by atoms with E-state index in [2.05, 4.69) is 19.2 Å². The van der Waals surface area contributed by atoms with E-state index in [4.69, 9.17) is 0 Å². The second-order valence-electron chi connectivity index (χ2n) is 5.40. The van der Waals surface area contributed by atoms with Crippen LogP contribution in [0.1, 0.15) is 39.5 Å². The molecule has 2 N–H and O–H groups in total. The standard InChI is InChI=1S/C10H19NO/c1-9(2)5-10(12,6-9)7-11-8-3-4-8/h8,11-12H,3-7H2,1-2H3. The molecule has 0 heterocycles. The number of hydrogen-bond acceptors (Lipinski definition) is 2. The van der Waals surface area contributed by atoms with Crippen molar-refractivity contribution in [2.24, 2.45) is 5.41 Å². The first kappa shape index (κ1) is 8.52. The topological polar surface area (TPSA) is 32.3 Å². The minimum atomic E-state index is -0.383. The van der Waals surface area contributed by atoms with Gasteiger partial charge in [-0.1, -0.05) is 13.8 Å². The molecule has 12 heavy (non-hydrogen) atoms. The maximum atomic E-state index is 9.96. The van der Waals surface area contributed by atoms with Gasteiger partial charge < -0.3 is 10.4 Å². The average Bonchev–Trinajstić information content (AvgIpc) is 2.60. The first-order valence-corrected chi connectivity index (χ1v) is 4.95. The van der Waals surface area contributed by atoms with Crippen molar-refractivity contribution < 1.29 is 5.11 Å². The molecule has 0 aromatic heterocycles. The molecule has 0 aromatic carbocycles. The molecule has 0 amide bonds. The smallest absolute Gasteiger partial charge is 0.0781 e. The van der Waals surface area contributed by atoms with E-state index in [9.17, 15) is 5.11 Å². The summed E-state index contributed by atoms with van der Waals surface area (Å²) in [4.78, 5) is 0. The number of nitrogens with one attached hydrogen (secondary N) is 1. The van der Waals surface area contributed by atoms with Gasteiger partial charge in [-0.15, -0.1) is 0 Å². The van der Waals surface area contributed by atoms with E-state index in [1.807, 2.05) is 0 Å². The summed E-state index contributed by atoms with van der Waals surface area (Å²) < 4.78 is 0. The molecule has 2 aliphatic rings. The van der Waals surface area contributed by atoms with Gasteiger partial charge in [0.1, 0.15) is 0 Å². The Bertz CT molecular complexity index is 176. The molecule has 2 fully saturated rings. The van der Waals surface area contributed by atoms with Gasteiger partial charge in [-0.3, -0.25) is 0 Å². The fourth-order valence-corrected chi connectivity index (χ4v) is 2.48. The summed E-state index contributed by atoms with van der Waals surface area (Å²) in [7, 11) is 0. The summed E-state index contributed by atoms with van der Waals surface area (Å²) in [6, 6.07) is 0.720. The molecule has 2 heteroatoms. The van der Waals surface area contributed by atoms with Crippen molar-refractivity contribution in [1.29, 1.82) is 0 Å². The summed E-state index contributed by atoms with van der Waals surface area (Å²) in [5.74, 6) is 0. The van der Waals surface area contributed by atoms with E-state index in [1.165, 1.54) is 12.8 Å². The van der Waals surface area contributed by atoms with Crippen LogP contribution in [-0.4, -0.2) is 23.3 Å². The van der Waals surface area contributed by atoms with Gasteiger partial charge in [0.2, 0.25) is 0 Å². The molecule has 0 spiro atoms. The SMILES string of the molecule is CC1(C)CC(O)(CNC2CC2)C1. The molecule has 0 bridgehead atoms. The fourth-order valence-electron chi connectivity index (χ4n) is 2.48. The molecule has 70 valence electrons. The van der Waals surface area contributed by atoms with Crippen LogP contribution in [0.25, 0.3) is 0 Å². The highest BCUT2D eigenvalue weighted by molar-refractivity contribution is 5.01. The largest absolute Gasteiger partial charge is 0.389 e. The molecule has 0 atom stereocenters. The van der Waals surface area contributed by atoms with Gasteiger partial charge in [-0.2, -0.15) is 0 Å². The van der Waals surface area contributed by atoms with Crippen LogP contribution in [0, 0.1) is 5.41 Å². The van der Waals surface area contributed by atoms with E-state index < -0.39 is 0 Å². The van der Waals surface area contributed by atoms with Crippen LogP contribution in [-0.2, 0) is 0 Å². The minimum Gasteiger partial charge on any atom is -0.389 e. The predicted octanol–water partition coefficient (Wildman–Crippen LogP) is 1.29. The van der Waals surface area contributed by atoms with Crippen molar-refractivity contribution in [1.82, 2.24) is 5.32 Å². The van der Waals surface area contributed by atoms with Crippen LogP contribution in [0.3, 0.4) is 0 Å². The van der Waals surface area contributed by atoms with Crippen molar-refractivity contribution in [3.63, 3.8) is 0 Å². The summed E-state index contributed by atoms with van der Waals surface area (Å²) in [6.07, 6.45) is 4.53. The summed E-state index contributed by atoms with van der Waals surface area (Å²) in [6.45, 7) is 5.25. The Balaban J connectivity index is 1.73. The molecule has 0 aromatic rings. The summed E-state index contributed by atoms with van der Waals surface area (Å²) in [5.41, 5.74) is -0.00787. The van der Waals surface area contributed by atoms with Crippen molar-refractivity contribution in [2.45, 2.75) is 51.2 Å². The third-order valence-electron chi connectivity index (χ3n) is 2.91. The first-order chi connectivity index (χ1) is 5.49. The maximum Gasteiger partial charge on any atom is 0.0781 e. The zero-order valence-electron chi connectivity index (χ0n) is 8.06. The average molecular weight is 169 g/mol. The van der Waals surface area contributed by atoms with E-state index in [0.29, 0.717) is 5.41 Å². The molecular formula is C10H19NO. The van der Waals surface area contributed by atoms with Gasteiger partial charge in [0.15, 0.2) is 0 Å². The molecule has 0 saturated heterocycles. The lowest BCUT2D eigenvalue weighted by molar-refractivity contribution is -0.109. The Morgan fingerprint density at radius 2 is 1.92 bits per heavy atom. The van der Waals surface area contributed by atoms with Crippen LogP contribution >= 0.6 is 0 Å².